The third-order valence-corrected chi connectivity index (χ3v) is 3.57. The molecule has 0 aliphatic carbocycles. The minimum absolute atomic E-state index is 0.189. The van der Waals surface area contributed by atoms with Crippen LogP contribution in [0.4, 0.5) is 0 Å². The molecule has 2 rings (SSSR count). The number of nitrogens with zero attached hydrogens (tertiary/aromatic N) is 3. The first kappa shape index (κ1) is 14.0. The van der Waals surface area contributed by atoms with E-state index < -0.39 is 5.97 Å². The molecule has 1 aromatic heterocycles. The molecule has 0 spiro atoms. The second-order valence-corrected chi connectivity index (χ2v) is 5.36. The van der Waals surface area contributed by atoms with Gasteiger partial charge in [-0.25, -0.2) is 0 Å². The third kappa shape index (κ3) is 3.76. The Morgan fingerprint density at radius 1 is 1.53 bits per heavy atom. The fourth-order valence-corrected chi connectivity index (χ4v) is 2.71. The zero-order chi connectivity index (χ0) is 13.8. The minimum atomic E-state index is -0.948. The van der Waals surface area contributed by atoms with E-state index in [-0.39, 0.29) is 12.3 Å². The zero-order valence-corrected chi connectivity index (χ0v) is 11.5. The van der Waals surface area contributed by atoms with Gasteiger partial charge in [0.05, 0.1) is 0 Å². The Hall–Kier alpha value is -1.43. The minimum Gasteiger partial charge on any atom is -0.481 e. The SMILES string of the molecule is CC(C)N1CCCCC1Cc1noc(CC(=O)O)n1. The molecule has 0 saturated carbocycles. The molecule has 0 aromatic carbocycles. The van der Waals surface area contributed by atoms with Crippen LogP contribution in [0.25, 0.3) is 0 Å². The molecule has 1 aromatic rings. The molecule has 106 valence electrons. The number of aromatic nitrogens is 2. The summed E-state index contributed by atoms with van der Waals surface area (Å²) in [7, 11) is 0. The Bertz CT molecular complexity index is 431. The average Bonchev–Trinajstić information content (AvgIpc) is 2.76. The number of hydrogen-bond acceptors (Lipinski definition) is 5. The standard InChI is InChI=1S/C13H21N3O3/c1-9(2)16-6-4-3-5-10(16)7-11-14-12(19-15-11)8-13(17)18/h9-10H,3-8H2,1-2H3,(H,17,18). The van der Waals surface area contributed by atoms with E-state index in [4.69, 9.17) is 9.63 Å². The summed E-state index contributed by atoms with van der Waals surface area (Å²) in [5, 5.41) is 12.6. The van der Waals surface area contributed by atoms with Gasteiger partial charge in [-0.1, -0.05) is 11.6 Å². The van der Waals surface area contributed by atoms with Crippen LogP contribution in [0.2, 0.25) is 0 Å². The fourth-order valence-electron chi connectivity index (χ4n) is 2.71. The van der Waals surface area contributed by atoms with Gasteiger partial charge in [0.2, 0.25) is 5.89 Å². The molecular weight excluding hydrogens is 246 g/mol. The molecule has 6 heteroatoms. The quantitative estimate of drug-likeness (QED) is 0.871. The van der Waals surface area contributed by atoms with Crippen molar-refractivity contribution in [1.82, 2.24) is 15.0 Å². The molecule has 1 aliphatic heterocycles. The van der Waals surface area contributed by atoms with Gasteiger partial charge in [0.25, 0.3) is 0 Å². The smallest absolute Gasteiger partial charge is 0.312 e. The lowest BCUT2D eigenvalue weighted by Gasteiger charge is -2.38. The van der Waals surface area contributed by atoms with E-state index in [1.165, 1.54) is 12.8 Å². The Morgan fingerprint density at radius 2 is 2.32 bits per heavy atom. The number of carboxylic acids is 1. The number of hydrogen-bond donors (Lipinski definition) is 1. The van der Waals surface area contributed by atoms with Crippen LogP contribution in [0.15, 0.2) is 4.52 Å². The van der Waals surface area contributed by atoms with Gasteiger partial charge >= 0.3 is 5.97 Å². The first-order valence-corrected chi connectivity index (χ1v) is 6.85. The fraction of sp³-hybridized carbons (Fsp3) is 0.769. The first-order valence-electron chi connectivity index (χ1n) is 6.85. The summed E-state index contributed by atoms with van der Waals surface area (Å²) in [6.07, 6.45) is 4.15. The predicted octanol–water partition coefficient (Wildman–Crippen LogP) is 1.50. The highest BCUT2D eigenvalue weighted by atomic mass is 16.5. The van der Waals surface area contributed by atoms with Gasteiger partial charge < -0.3 is 9.63 Å². The molecule has 6 nitrogen and oxygen atoms in total. The molecule has 1 aliphatic rings. The summed E-state index contributed by atoms with van der Waals surface area (Å²) in [4.78, 5) is 17.2. The van der Waals surface area contributed by atoms with Crippen molar-refractivity contribution in [2.45, 2.75) is 58.0 Å². The topological polar surface area (TPSA) is 79.5 Å². The Balaban J connectivity index is 1.98. The third-order valence-electron chi connectivity index (χ3n) is 3.57. The van der Waals surface area contributed by atoms with E-state index in [1.807, 2.05) is 0 Å². The monoisotopic (exact) mass is 267 g/mol. The highest BCUT2D eigenvalue weighted by Gasteiger charge is 2.26. The maximum Gasteiger partial charge on any atom is 0.312 e. The number of aliphatic carboxylic acids is 1. The van der Waals surface area contributed by atoms with Crippen LogP contribution >= 0.6 is 0 Å². The average molecular weight is 267 g/mol. The molecule has 1 N–H and O–H groups in total. The summed E-state index contributed by atoms with van der Waals surface area (Å²) in [5.74, 6) is -0.139. The normalized spacial score (nSPS) is 20.9. The van der Waals surface area contributed by atoms with Gasteiger partial charge in [-0.05, 0) is 33.2 Å². The van der Waals surface area contributed by atoms with Crippen molar-refractivity contribution in [3.63, 3.8) is 0 Å². The molecule has 1 fully saturated rings. The Kier molecular flexibility index (Phi) is 4.52. The molecule has 0 bridgehead atoms. The van der Waals surface area contributed by atoms with Crippen molar-refractivity contribution in [2.24, 2.45) is 0 Å². The lowest BCUT2D eigenvalue weighted by atomic mass is 9.97. The summed E-state index contributed by atoms with van der Waals surface area (Å²) in [6.45, 7) is 5.51. The second kappa shape index (κ2) is 6.14. The molecule has 19 heavy (non-hydrogen) atoms. The zero-order valence-electron chi connectivity index (χ0n) is 11.5. The maximum absolute atomic E-state index is 10.6. The van der Waals surface area contributed by atoms with Gasteiger partial charge in [-0.15, -0.1) is 0 Å². The van der Waals surface area contributed by atoms with E-state index in [0.717, 1.165) is 19.4 Å². The maximum atomic E-state index is 10.6. The highest BCUT2D eigenvalue weighted by Crippen LogP contribution is 2.22. The summed E-state index contributed by atoms with van der Waals surface area (Å²) in [5.41, 5.74) is 0. The van der Waals surface area contributed by atoms with E-state index in [2.05, 4.69) is 28.9 Å². The molecule has 1 atom stereocenters. The molecule has 1 unspecified atom stereocenters. The van der Waals surface area contributed by atoms with Crippen molar-refractivity contribution in [1.29, 1.82) is 0 Å². The van der Waals surface area contributed by atoms with Crippen LogP contribution in [0.1, 0.15) is 44.8 Å². The van der Waals surface area contributed by atoms with Gasteiger partial charge in [-0.2, -0.15) is 4.98 Å². The molecule has 2 heterocycles. The van der Waals surface area contributed by atoms with Gasteiger partial charge in [0.15, 0.2) is 5.82 Å². The van der Waals surface area contributed by atoms with Crippen molar-refractivity contribution in [2.75, 3.05) is 6.54 Å². The van der Waals surface area contributed by atoms with Gasteiger partial charge in [0, 0.05) is 18.5 Å². The summed E-state index contributed by atoms with van der Waals surface area (Å²) < 4.78 is 4.95. The van der Waals surface area contributed by atoms with Crippen molar-refractivity contribution in [3.05, 3.63) is 11.7 Å². The van der Waals surface area contributed by atoms with Crippen LogP contribution in [-0.2, 0) is 17.6 Å². The second-order valence-electron chi connectivity index (χ2n) is 5.36. The van der Waals surface area contributed by atoms with Crippen LogP contribution in [-0.4, -0.2) is 44.7 Å². The number of likely N-dealkylation sites (tertiary alicyclic amines) is 1. The summed E-state index contributed by atoms with van der Waals surface area (Å²) >= 11 is 0. The molecule has 1 saturated heterocycles. The molecule has 0 radical (unpaired) electrons. The first-order chi connectivity index (χ1) is 9.06. The van der Waals surface area contributed by atoms with Crippen LogP contribution in [0.5, 0.6) is 0 Å². The van der Waals surface area contributed by atoms with E-state index >= 15 is 0 Å². The number of piperidine rings is 1. The van der Waals surface area contributed by atoms with Gasteiger partial charge in [-0.3, -0.25) is 9.69 Å². The molecule has 0 amide bonds. The lowest BCUT2D eigenvalue weighted by molar-refractivity contribution is -0.136. The largest absolute Gasteiger partial charge is 0.481 e. The number of carboxylic acid groups (broad SMARTS) is 1. The Morgan fingerprint density at radius 3 is 3.00 bits per heavy atom. The highest BCUT2D eigenvalue weighted by molar-refractivity contribution is 5.68. The van der Waals surface area contributed by atoms with Crippen molar-refractivity contribution >= 4 is 5.97 Å². The molecular formula is C13H21N3O3. The van der Waals surface area contributed by atoms with Crippen molar-refractivity contribution in [3.8, 4) is 0 Å². The van der Waals surface area contributed by atoms with Crippen LogP contribution < -0.4 is 0 Å². The number of carbonyl (C=O) groups is 1. The van der Waals surface area contributed by atoms with Crippen LogP contribution in [0.3, 0.4) is 0 Å². The van der Waals surface area contributed by atoms with E-state index in [0.29, 0.717) is 17.9 Å². The Labute approximate surface area is 112 Å². The lowest BCUT2D eigenvalue weighted by Crippen LogP contribution is -2.45. The van der Waals surface area contributed by atoms with Crippen molar-refractivity contribution < 1.29 is 14.4 Å². The van der Waals surface area contributed by atoms with Gasteiger partial charge in [0.1, 0.15) is 6.42 Å². The summed E-state index contributed by atoms with van der Waals surface area (Å²) in [6, 6.07) is 0.944. The van der Waals surface area contributed by atoms with E-state index in [1.54, 1.807) is 0 Å². The van der Waals surface area contributed by atoms with E-state index in [9.17, 15) is 4.79 Å². The predicted molar refractivity (Wildman–Crippen MR) is 68.8 cm³/mol. The van der Waals surface area contributed by atoms with Crippen LogP contribution in [0, 0.1) is 0 Å². The number of rotatable bonds is 5.